The molecule has 2 fully saturated rings. The third-order valence-electron chi connectivity index (χ3n) is 6.33. The van der Waals surface area contributed by atoms with Gasteiger partial charge in [0.05, 0.1) is 11.4 Å². The summed E-state index contributed by atoms with van der Waals surface area (Å²) in [4.78, 5) is 2.49. The number of likely N-dealkylation sites (tertiary alicyclic amines) is 1. The molecule has 4 aliphatic rings. The van der Waals surface area contributed by atoms with E-state index in [0.29, 0.717) is 11.3 Å². The van der Waals surface area contributed by atoms with E-state index in [9.17, 15) is 0 Å². The highest BCUT2D eigenvalue weighted by Crippen LogP contribution is 2.58. The lowest BCUT2D eigenvalue weighted by atomic mass is 9.94. The molecule has 1 saturated heterocycles. The molecule has 1 aliphatic carbocycles. The van der Waals surface area contributed by atoms with Crippen molar-refractivity contribution in [2.75, 3.05) is 39.8 Å². The summed E-state index contributed by atoms with van der Waals surface area (Å²) >= 11 is 0. The molecule has 126 valence electrons. The van der Waals surface area contributed by atoms with Gasteiger partial charge in [-0.05, 0) is 63.2 Å². The number of rotatable bonds is 4. The molecular weight excluding hydrogens is 284 g/mol. The van der Waals surface area contributed by atoms with Gasteiger partial charge in [-0.25, -0.2) is 0 Å². The largest absolute Gasteiger partial charge is 0.384 e. The monoisotopic (exact) mass is 314 g/mol. The zero-order valence-electron chi connectivity index (χ0n) is 14.3. The molecule has 0 bridgehead atoms. The van der Waals surface area contributed by atoms with Crippen LogP contribution in [0, 0.1) is 17.3 Å². The molecule has 1 spiro atoms. The third-order valence-corrected chi connectivity index (χ3v) is 6.33. The maximum Gasteiger partial charge on any atom is 0.0578 e. The maximum absolute atomic E-state index is 4.26. The van der Waals surface area contributed by atoms with E-state index in [2.05, 4.69) is 46.6 Å². The Morgan fingerprint density at radius 3 is 3.22 bits per heavy atom. The van der Waals surface area contributed by atoms with E-state index in [-0.39, 0.29) is 0 Å². The summed E-state index contributed by atoms with van der Waals surface area (Å²) in [7, 11) is 2.26. The van der Waals surface area contributed by atoms with Gasteiger partial charge in [0.1, 0.15) is 0 Å². The third kappa shape index (κ3) is 3.07. The minimum Gasteiger partial charge on any atom is -0.384 e. The van der Waals surface area contributed by atoms with Crippen LogP contribution < -0.4 is 16.0 Å². The zero-order chi connectivity index (χ0) is 15.9. The smallest absolute Gasteiger partial charge is 0.0578 e. The minimum atomic E-state index is 0.502. The molecule has 3 atom stereocenters. The molecule has 0 aromatic carbocycles. The van der Waals surface area contributed by atoms with Crippen molar-refractivity contribution in [2.24, 2.45) is 17.3 Å². The van der Waals surface area contributed by atoms with Crippen molar-refractivity contribution in [3.8, 4) is 0 Å². The second-order valence-electron chi connectivity index (χ2n) is 7.91. The molecule has 23 heavy (non-hydrogen) atoms. The fraction of sp³-hybridized carbons (Fsp3) is 0.684. The molecule has 3 N–H and O–H groups in total. The minimum absolute atomic E-state index is 0.502. The fourth-order valence-electron chi connectivity index (χ4n) is 4.57. The van der Waals surface area contributed by atoms with Gasteiger partial charge in [-0.3, -0.25) is 0 Å². The number of fused-ring (bicyclic) bond motifs is 1. The highest BCUT2D eigenvalue weighted by atomic mass is 15.1. The van der Waals surface area contributed by atoms with E-state index in [1.807, 2.05) is 0 Å². The summed E-state index contributed by atoms with van der Waals surface area (Å²) < 4.78 is 0. The van der Waals surface area contributed by atoms with Gasteiger partial charge >= 0.3 is 0 Å². The Kier molecular flexibility index (Phi) is 3.98. The molecule has 0 aromatic rings. The fourth-order valence-corrected chi connectivity index (χ4v) is 4.57. The summed E-state index contributed by atoms with van der Waals surface area (Å²) in [5.41, 5.74) is 4.22. The predicted molar refractivity (Wildman–Crippen MR) is 94.7 cm³/mol. The van der Waals surface area contributed by atoms with E-state index in [0.717, 1.165) is 31.2 Å². The SMILES string of the molecule is C=C(NCC1CC12CCCN(C)CC2)C1=CC2CNCC=C2N1. The van der Waals surface area contributed by atoms with Gasteiger partial charge in [-0.1, -0.05) is 12.7 Å². The molecule has 3 aliphatic heterocycles. The maximum atomic E-state index is 4.26. The van der Waals surface area contributed by atoms with Gasteiger partial charge in [0.25, 0.3) is 0 Å². The van der Waals surface area contributed by atoms with Crippen LogP contribution in [0.1, 0.15) is 25.7 Å². The average molecular weight is 314 g/mol. The molecule has 4 nitrogen and oxygen atoms in total. The van der Waals surface area contributed by atoms with Crippen LogP contribution >= 0.6 is 0 Å². The van der Waals surface area contributed by atoms with Crippen LogP contribution in [0.25, 0.3) is 0 Å². The van der Waals surface area contributed by atoms with Crippen LogP contribution in [0.3, 0.4) is 0 Å². The first kappa shape index (κ1) is 15.3. The zero-order valence-corrected chi connectivity index (χ0v) is 14.3. The van der Waals surface area contributed by atoms with Crippen molar-refractivity contribution in [1.29, 1.82) is 0 Å². The van der Waals surface area contributed by atoms with Gasteiger partial charge in [-0.2, -0.15) is 0 Å². The average Bonchev–Trinajstić information content (AvgIpc) is 3.12. The molecule has 0 radical (unpaired) electrons. The van der Waals surface area contributed by atoms with Crippen LogP contribution in [0.15, 0.2) is 35.8 Å². The molecule has 0 aromatic heterocycles. The van der Waals surface area contributed by atoms with E-state index in [1.54, 1.807) is 0 Å². The number of nitrogens with zero attached hydrogens (tertiary/aromatic N) is 1. The lowest BCUT2D eigenvalue weighted by Gasteiger charge is -2.18. The normalized spacial score (nSPS) is 36.6. The van der Waals surface area contributed by atoms with Crippen molar-refractivity contribution in [3.05, 3.63) is 35.8 Å². The molecule has 3 unspecified atom stereocenters. The predicted octanol–water partition coefficient (Wildman–Crippen LogP) is 1.80. The Balaban J connectivity index is 1.28. The highest BCUT2D eigenvalue weighted by Gasteiger charge is 2.53. The van der Waals surface area contributed by atoms with Crippen molar-refractivity contribution in [1.82, 2.24) is 20.9 Å². The van der Waals surface area contributed by atoms with E-state index < -0.39 is 0 Å². The molecule has 3 heterocycles. The summed E-state index contributed by atoms with van der Waals surface area (Å²) in [5, 5.41) is 10.6. The Morgan fingerprint density at radius 1 is 1.43 bits per heavy atom. The van der Waals surface area contributed by atoms with E-state index in [4.69, 9.17) is 0 Å². The number of hydrogen-bond donors (Lipinski definition) is 3. The molecule has 4 heteroatoms. The Bertz CT molecular complexity index is 550. The van der Waals surface area contributed by atoms with Gasteiger partial charge in [0.15, 0.2) is 0 Å². The Labute approximate surface area is 140 Å². The lowest BCUT2D eigenvalue weighted by Crippen LogP contribution is -2.30. The number of hydrogen-bond acceptors (Lipinski definition) is 4. The second kappa shape index (κ2) is 5.99. The van der Waals surface area contributed by atoms with Crippen molar-refractivity contribution in [3.63, 3.8) is 0 Å². The summed E-state index contributed by atoms with van der Waals surface area (Å²) in [5.74, 6) is 1.35. The summed E-state index contributed by atoms with van der Waals surface area (Å²) in [6.07, 6.45) is 10.1. The highest BCUT2D eigenvalue weighted by molar-refractivity contribution is 5.39. The molecule has 1 saturated carbocycles. The van der Waals surface area contributed by atoms with Crippen molar-refractivity contribution in [2.45, 2.75) is 25.7 Å². The molecule has 4 rings (SSSR count). The van der Waals surface area contributed by atoms with Crippen molar-refractivity contribution < 1.29 is 0 Å². The van der Waals surface area contributed by atoms with Gasteiger partial charge in [-0.15, -0.1) is 0 Å². The van der Waals surface area contributed by atoms with Gasteiger partial charge in [0.2, 0.25) is 0 Å². The Morgan fingerprint density at radius 2 is 2.35 bits per heavy atom. The summed E-state index contributed by atoms with van der Waals surface area (Å²) in [6.45, 7) is 9.90. The molecular formula is C19H30N4. The van der Waals surface area contributed by atoms with Gasteiger partial charge < -0.3 is 20.9 Å². The lowest BCUT2D eigenvalue weighted by molar-refractivity contribution is 0.331. The standard InChI is InChI=1S/C19H30N4/c1-14(18-10-15-12-20-7-4-17(15)22-18)21-13-16-11-19(16)5-3-8-23(2)9-6-19/h4,10,15-16,20-22H,1,3,5-9,11-13H2,2H3. The first-order valence-corrected chi connectivity index (χ1v) is 9.18. The second-order valence-corrected chi connectivity index (χ2v) is 7.91. The van der Waals surface area contributed by atoms with Crippen molar-refractivity contribution >= 4 is 0 Å². The molecule has 0 amide bonds. The quantitative estimate of drug-likeness (QED) is 0.740. The first-order chi connectivity index (χ1) is 11.2. The first-order valence-electron chi connectivity index (χ1n) is 9.18. The van der Waals surface area contributed by atoms with Crippen LogP contribution in [-0.4, -0.2) is 44.7 Å². The van der Waals surface area contributed by atoms with Crippen LogP contribution in [-0.2, 0) is 0 Å². The van der Waals surface area contributed by atoms with E-state index >= 15 is 0 Å². The van der Waals surface area contributed by atoms with Gasteiger partial charge in [0, 0.05) is 31.2 Å². The van der Waals surface area contributed by atoms with E-state index in [1.165, 1.54) is 50.2 Å². The van der Waals surface area contributed by atoms with Crippen LogP contribution in [0.4, 0.5) is 0 Å². The Hall–Kier alpha value is -1.26. The van der Waals surface area contributed by atoms with Crippen LogP contribution in [0.2, 0.25) is 0 Å². The summed E-state index contributed by atoms with van der Waals surface area (Å²) in [6, 6.07) is 0. The topological polar surface area (TPSA) is 39.3 Å². The van der Waals surface area contributed by atoms with Crippen LogP contribution in [0.5, 0.6) is 0 Å². The number of nitrogens with one attached hydrogen (secondary N) is 3.